The van der Waals surface area contributed by atoms with Crippen LogP contribution < -0.4 is 4.90 Å². The Hall–Kier alpha value is -2.16. The zero-order chi connectivity index (χ0) is 21.2. The molecule has 0 saturated carbocycles. The molecular formula is C21H30N3O4S+. The maximum absolute atomic E-state index is 12.9. The molecule has 0 spiro atoms. The molecule has 1 amide bonds. The summed E-state index contributed by atoms with van der Waals surface area (Å²) in [5.74, 6) is 1.76. The van der Waals surface area contributed by atoms with E-state index in [2.05, 4.69) is 0 Å². The molecule has 8 heteroatoms. The minimum absolute atomic E-state index is 0.0361. The number of sulfonamides is 1. The van der Waals surface area contributed by atoms with E-state index in [0.717, 1.165) is 27.5 Å². The number of amides is 1. The first-order chi connectivity index (χ1) is 13.7. The molecule has 0 aliphatic carbocycles. The number of hydrogen-bond donors (Lipinski definition) is 1. The molecule has 1 atom stereocenters. The number of nitrogens with zero attached hydrogens (tertiary/aromatic N) is 2. The van der Waals surface area contributed by atoms with Crippen molar-refractivity contribution in [3.63, 3.8) is 0 Å². The Kier molecular flexibility index (Phi) is 6.45. The van der Waals surface area contributed by atoms with Crippen LogP contribution in [0.4, 0.5) is 0 Å². The number of likely N-dealkylation sites (N-methyl/N-ethyl adjacent to an activating group) is 1. The van der Waals surface area contributed by atoms with Gasteiger partial charge in [0.15, 0.2) is 12.3 Å². The van der Waals surface area contributed by atoms with Crippen molar-refractivity contribution in [2.45, 2.75) is 32.2 Å². The lowest BCUT2D eigenvalue weighted by molar-refractivity contribution is -0.886. The monoisotopic (exact) mass is 420 g/mol. The van der Waals surface area contributed by atoms with E-state index < -0.39 is 10.0 Å². The van der Waals surface area contributed by atoms with Crippen LogP contribution >= 0.6 is 0 Å². The summed E-state index contributed by atoms with van der Waals surface area (Å²) in [6, 6.07) is 9.06. The summed E-state index contributed by atoms with van der Waals surface area (Å²) >= 11 is 0. The molecule has 2 heterocycles. The Labute approximate surface area is 172 Å². The van der Waals surface area contributed by atoms with Crippen LogP contribution in [0.3, 0.4) is 0 Å². The van der Waals surface area contributed by atoms with Gasteiger partial charge < -0.3 is 14.2 Å². The zero-order valence-electron chi connectivity index (χ0n) is 17.6. The number of carbonyl (C=O) groups excluding carboxylic acids is 1. The lowest BCUT2D eigenvalue weighted by Crippen LogP contribution is -3.08. The molecule has 2 aromatic rings. The third-order valence-corrected chi connectivity index (χ3v) is 7.33. The molecule has 1 aliphatic rings. The van der Waals surface area contributed by atoms with E-state index in [1.165, 1.54) is 4.31 Å². The van der Waals surface area contributed by atoms with Gasteiger partial charge in [0.05, 0.1) is 11.9 Å². The van der Waals surface area contributed by atoms with Crippen molar-refractivity contribution in [2.75, 3.05) is 39.8 Å². The van der Waals surface area contributed by atoms with Crippen molar-refractivity contribution >= 4 is 15.9 Å². The highest BCUT2D eigenvalue weighted by atomic mass is 32.2. The second-order valence-electron chi connectivity index (χ2n) is 7.85. The Morgan fingerprint density at radius 2 is 1.72 bits per heavy atom. The van der Waals surface area contributed by atoms with Crippen LogP contribution in [-0.2, 0) is 21.4 Å². The fourth-order valence-corrected chi connectivity index (χ4v) is 5.02. The average molecular weight is 421 g/mol. The van der Waals surface area contributed by atoms with Gasteiger partial charge in [-0.1, -0.05) is 6.07 Å². The summed E-state index contributed by atoms with van der Waals surface area (Å²) in [6.07, 6.45) is 0. The maximum Gasteiger partial charge on any atom is 0.277 e. The Balaban J connectivity index is 1.55. The van der Waals surface area contributed by atoms with Crippen LogP contribution in [0.15, 0.2) is 39.6 Å². The number of quaternary nitrogens is 1. The van der Waals surface area contributed by atoms with Crippen LogP contribution in [0, 0.1) is 20.8 Å². The van der Waals surface area contributed by atoms with E-state index in [9.17, 15) is 13.2 Å². The van der Waals surface area contributed by atoms with E-state index in [4.69, 9.17) is 4.42 Å². The van der Waals surface area contributed by atoms with Gasteiger partial charge in [0.2, 0.25) is 10.0 Å². The highest BCUT2D eigenvalue weighted by Crippen LogP contribution is 2.20. The van der Waals surface area contributed by atoms with Gasteiger partial charge in [-0.15, -0.1) is 0 Å². The highest BCUT2D eigenvalue weighted by molar-refractivity contribution is 7.89. The van der Waals surface area contributed by atoms with Gasteiger partial charge in [0.25, 0.3) is 5.91 Å². The minimum Gasteiger partial charge on any atom is -0.460 e. The van der Waals surface area contributed by atoms with Gasteiger partial charge in [0, 0.05) is 26.2 Å². The van der Waals surface area contributed by atoms with Crippen molar-refractivity contribution in [3.8, 4) is 0 Å². The fourth-order valence-electron chi connectivity index (χ4n) is 3.51. The van der Waals surface area contributed by atoms with Gasteiger partial charge in [-0.3, -0.25) is 4.79 Å². The van der Waals surface area contributed by atoms with Crippen LogP contribution in [0.1, 0.15) is 22.6 Å². The number of carbonyl (C=O) groups is 1. The zero-order valence-corrected chi connectivity index (χ0v) is 18.4. The van der Waals surface area contributed by atoms with Crippen molar-refractivity contribution in [1.82, 2.24) is 9.21 Å². The lowest BCUT2D eigenvalue weighted by atomic mass is 10.1. The van der Waals surface area contributed by atoms with Crippen molar-refractivity contribution in [1.29, 1.82) is 0 Å². The number of benzene rings is 1. The SMILES string of the molecule is Cc1ccc(C[NH+](C)CC(=O)N2CCN(S(=O)(=O)c3ccc(C)c(C)c3)CC2)o1. The first-order valence-electron chi connectivity index (χ1n) is 9.88. The van der Waals surface area contributed by atoms with Crippen molar-refractivity contribution < 1.29 is 22.5 Å². The summed E-state index contributed by atoms with van der Waals surface area (Å²) in [5, 5.41) is 0. The molecular weight excluding hydrogens is 390 g/mol. The second-order valence-corrected chi connectivity index (χ2v) is 9.79. The van der Waals surface area contributed by atoms with E-state index in [-0.39, 0.29) is 5.91 Å². The fraction of sp³-hybridized carbons (Fsp3) is 0.476. The third kappa shape index (κ3) is 5.07. The predicted octanol–water partition coefficient (Wildman–Crippen LogP) is 0.753. The molecule has 1 saturated heterocycles. The van der Waals surface area contributed by atoms with Crippen LogP contribution in [-0.4, -0.2) is 63.3 Å². The van der Waals surface area contributed by atoms with Gasteiger partial charge in [-0.05, 0) is 56.2 Å². The molecule has 1 N–H and O–H groups in total. The van der Waals surface area contributed by atoms with E-state index in [0.29, 0.717) is 44.2 Å². The van der Waals surface area contributed by atoms with E-state index >= 15 is 0 Å². The molecule has 158 valence electrons. The number of hydrogen-bond acceptors (Lipinski definition) is 4. The number of nitrogens with one attached hydrogen (secondary N) is 1. The number of aryl methyl sites for hydroxylation is 3. The third-order valence-electron chi connectivity index (χ3n) is 5.43. The number of piperazine rings is 1. The largest absolute Gasteiger partial charge is 0.460 e. The van der Waals surface area contributed by atoms with Gasteiger partial charge in [-0.25, -0.2) is 8.42 Å². The molecule has 0 radical (unpaired) electrons. The lowest BCUT2D eigenvalue weighted by Gasteiger charge is -2.34. The van der Waals surface area contributed by atoms with Crippen LogP contribution in [0.2, 0.25) is 0 Å². The van der Waals surface area contributed by atoms with E-state index in [1.54, 1.807) is 17.0 Å². The molecule has 1 fully saturated rings. The topological polar surface area (TPSA) is 75.3 Å². The highest BCUT2D eigenvalue weighted by Gasteiger charge is 2.31. The first kappa shape index (κ1) is 21.5. The molecule has 1 aromatic heterocycles. The average Bonchev–Trinajstić information content (AvgIpc) is 3.08. The Morgan fingerprint density at radius 1 is 1.03 bits per heavy atom. The molecule has 1 unspecified atom stereocenters. The standard InChI is InChI=1S/C21H29N3O4S/c1-16-5-8-20(13-17(16)2)29(26,27)24-11-9-23(10-12-24)21(25)15-22(4)14-19-7-6-18(3)28-19/h5-8,13H,9-12,14-15H2,1-4H3/p+1. The summed E-state index contributed by atoms with van der Waals surface area (Å²) in [6.45, 7) is 8.22. The quantitative estimate of drug-likeness (QED) is 0.749. The normalized spacial score (nSPS) is 16.8. The van der Waals surface area contributed by atoms with Gasteiger partial charge in [-0.2, -0.15) is 4.31 Å². The molecule has 3 rings (SSSR count). The second kappa shape index (κ2) is 8.69. The van der Waals surface area contributed by atoms with Crippen LogP contribution in [0.25, 0.3) is 0 Å². The molecule has 0 bridgehead atoms. The Bertz CT molecular complexity index is 976. The molecule has 1 aromatic carbocycles. The smallest absolute Gasteiger partial charge is 0.277 e. The summed E-state index contributed by atoms with van der Waals surface area (Å²) in [7, 11) is -1.58. The summed E-state index contributed by atoms with van der Waals surface area (Å²) < 4.78 is 32.9. The molecule has 7 nitrogen and oxygen atoms in total. The Morgan fingerprint density at radius 3 is 2.31 bits per heavy atom. The van der Waals surface area contributed by atoms with Crippen LogP contribution in [0.5, 0.6) is 0 Å². The first-order valence-corrected chi connectivity index (χ1v) is 11.3. The summed E-state index contributed by atoms with van der Waals surface area (Å²) in [5.41, 5.74) is 2.02. The predicted molar refractivity (Wildman–Crippen MR) is 110 cm³/mol. The van der Waals surface area contributed by atoms with Gasteiger partial charge in [0.1, 0.15) is 12.3 Å². The van der Waals surface area contributed by atoms with Crippen molar-refractivity contribution in [2.24, 2.45) is 0 Å². The summed E-state index contributed by atoms with van der Waals surface area (Å²) in [4.78, 5) is 15.7. The minimum atomic E-state index is -3.53. The number of furan rings is 1. The van der Waals surface area contributed by atoms with E-state index in [1.807, 2.05) is 46.0 Å². The number of rotatable bonds is 6. The van der Waals surface area contributed by atoms with Crippen molar-refractivity contribution in [3.05, 3.63) is 53.0 Å². The van der Waals surface area contributed by atoms with Gasteiger partial charge >= 0.3 is 0 Å². The molecule has 29 heavy (non-hydrogen) atoms. The maximum atomic E-state index is 12.9. The molecule has 1 aliphatic heterocycles.